The molecular weight excluding hydrogens is 234 g/mol. The number of aldehydes is 1. The SMILES string of the molecule is COCCCNS(=O)(=O)c1ccc(C=O)o1. The number of sulfonamides is 1. The van der Waals surface area contributed by atoms with E-state index in [2.05, 4.69) is 4.72 Å². The van der Waals surface area contributed by atoms with E-state index >= 15 is 0 Å². The van der Waals surface area contributed by atoms with E-state index in [1.807, 2.05) is 0 Å². The number of nitrogens with one attached hydrogen (secondary N) is 1. The van der Waals surface area contributed by atoms with E-state index in [0.717, 1.165) is 0 Å². The molecule has 90 valence electrons. The standard InChI is InChI=1S/C9H13NO5S/c1-14-6-2-5-10-16(12,13)9-4-3-8(7-11)15-9/h3-4,7,10H,2,5-6H2,1H3. The van der Waals surface area contributed by atoms with Crippen molar-refractivity contribution in [1.82, 2.24) is 4.72 Å². The van der Waals surface area contributed by atoms with Gasteiger partial charge in [-0.1, -0.05) is 0 Å². The average Bonchev–Trinajstić information content (AvgIpc) is 2.73. The topological polar surface area (TPSA) is 85.6 Å². The first-order valence-electron chi connectivity index (χ1n) is 4.64. The Balaban J connectivity index is 2.59. The molecular formula is C9H13NO5S. The monoisotopic (exact) mass is 247 g/mol. The quantitative estimate of drug-likeness (QED) is 0.557. The van der Waals surface area contributed by atoms with Crippen LogP contribution in [0.15, 0.2) is 21.6 Å². The highest BCUT2D eigenvalue weighted by atomic mass is 32.2. The van der Waals surface area contributed by atoms with Gasteiger partial charge in [-0.3, -0.25) is 4.79 Å². The lowest BCUT2D eigenvalue weighted by atomic mass is 10.5. The maximum Gasteiger partial charge on any atom is 0.273 e. The molecule has 0 saturated carbocycles. The van der Waals surface area contributed by atoms with Crippen LogP contribution in [-0.4, -0.2) is 35.0 Å². The summed E-state index contributed by atoms with van der Waals surface area (Å²) in [5.41, 5.74) is 0. The highest BCUT2D eigenvalue weighted by Crippen LogP contribution is 2.11. The second kappa shape index (κ2) is 5.78. The number of carbonyl (C=O) groups is 1. The molecule has 0 amide bonds. The summed E-state index contributed by atoms with van der Waals surface area (Å²) in [4.78, 5) is 10.3. The van der Waals surface area contributed by atoms with Gasteiger partial charge in [0, 0.05) is 20.3 Å². The van der Waals surface area contributed by atoms with Gasteiger partial charge in [0.25, 0.3) is 10.0 Å². The smallest absolute Gasteiger partial charge is 0.273 e. The van der Waals surface area contributed by atoms with Crippen molar-refractivity contribution in [3.8, 4) is 0 Å². The molecule has 6 nitrogen and oxygen atoms in total. The Morgan fingerprint density at radius 3 is 2.81 bits per heavy atom. The van der Waals surface area contributed by atoms with Crippen LogP contribution in [0, 0.1) is 0 Å². The van der Waals surface area contributed by atoms with Crippen LogP contribution in [0.4, 0.5) is 0 Å². The minimum absolute atomic E-state index is 0.0164. The van der Waals surface area contributed by atoms with Crippen molar-refractivity contribution < 1.29 is 22.4 Å². The Kier molecular flexibility index (Phi) is 4.66. The number of ether oxygens (including phenoxy) is 1. The highest BCUT2D eigenvalue weighted by Gasteiger charge is 2.17. The molecule has 1 aromatic heterocycles. The third kappa shape index (κ3) is 3.44. The largest absolute Gasteiger partial charge is 0.440 e. The molecule has 0 saturated heterocycles. The predicted octanol–water partition coefficient (Wildman–Crippen LogP) is 0.407. The minimum atomic E-state index is -3.66. The first-order chi connectivity index (χ1) is 7.60. The number of carbonyl (C=O) groups excluding carboxylic acids is 1. The van der Waals surface area contributed by atoms with Gasteiger partial charge < -0.3 is 9.15 Å². The Hall–Kier alpha value is -1.18. The molecule has 0 aliphatic rings. The van der Waals surface area contributed by atoms with Crippen molar-refractivity contribution in [3.05, 3.63) is 17.9 Å². The Morgan fingerprint density at radius 2 is 2.25 bits per heavy atom. The lowest BCUT2D eigenvalue weighted by Gasteiger charge is -2.03. The van der Waals surface area contributed by atoms with Gasteiger partial charge in [0.2, 0.25) is 5.09 Å². The highest BCUT2D eigenvalue weighted by molar-refractivity contribution is 7.89. The lowest BCUT2D eigenvalue weighted by Crippen LogP contribution is -2.25. The summed E-state index contributed by atoms with van der Waals surface area (Å²) < 4.78 is 35.0. The van der Waals surface area contributed by atoms with Gasteiger partial charge in [0.05, 0.1) is 0 Å². The van der Waals surface area contributed by atoms with Crippen molar-refractivity contribution in [2.45, 2.75) is 11.5 Å². The number of furan rings is 1. The molecule has 1 N–H and O–H groups in total. The van der Waals surface area contributed by atoms with Crippen LogP contribution in [0.3, 0.4) is 0 Å². The van der Waals surface area contributed by atoms with Gasteiger partial charge >= 0.3 is 0 Å². The van der Waals surface area contributed by atoms with E-state index in [1.165, 1.54) is 19.2 Å². The van der Waals surface area contributed by atoms with E-state index in [-0.39, 0.29) is 17.4 Å². The van der Waals surface area contributed by atoms with Crippen LogP contribution in [0.1, 0.15) is 17.0 Å². The molecule has 16 heavy (non-hydrogen) atoms. The number of hydrogen-bond acceptors (Lipinski definition) is 5. The lowest BCUT2D eigenvalue weighted by molar-refractivity contribution is 0.109. The van der Waals surface area contributed by atoms with E-state index in [1.54, 1.807) is 0 Å². The minimum Gasteiger partial charge on any atom is -0.440 e. The summed E-state index contributed by atoms with van der Waals surface area (Å²) in [6.07, 6.45) is 1.01. The Bertz CT molecular complexity index is 437. The van der Waals surface area contributed by atoms with Crippen LogP contribution < -0.4 is 4.72 Å². The van der Waals surface area contributed by atoms with Crippen LogP contribution >= 0.6 is 0 Å². The van der Waals surface area contributed by atoms with E-state index < -0.39 is 10.0 Å². The average molecular weight is 247 g/mol. The molecule has 0 aromatic carbocycles. The van der Waals surface area contributed by atoms with Gasteiger partial charge in [0.15, 0.2) is 12.0 Å². The molecule has 1 heterocycles. The normalized spacial score (nSPS) is 11.6. The molecule has 0 aliphatic carbocycles. The van der Waals surface area contributed by atoms with Crippen LogP contribution in [0.2, 0.25) is 0 Å². The summed E-state index contributed by atoms with van der Waals surface area (Å²) in [5.74, 6) is -0.0164. The molecule has 1 aromatic rings. The molecule has 0 fully saturated rings. The fourth-order valence-corrected chi connectivity index (χ4v) is 2.04. The van der Waals surface area contributed by atoms with Crippen molar-refractivity contribution in [3.63, 3.8) is 0 Å². The van der Waals surface area contributed by atoms with Crippen LogP contribution in [0.25, 0.3) is 0 Å². The van der Waals surface area contributed by atoms with E-state index in [0.29, 0.717) is 19.3 Å². The van der Waals surface area contributed by atoms with E-state index in [9.17, 15) is 13.2 Å². The molecule has 0 aliphatic heterocycles. The number of methoxy groups -OCH3 is 1. The molecule has 7 heteroatoms. The van der Waals surface area contributed by atoms with Crippen molar-refractivity contribution in [2.24, 2.45) is 0 Å². The maximum atomic E-state index is 11.6. The molecule has 0 unspecified atom stereocenters. The zero-order valence-electron chi connectivity index (χ0n) is 8.80. The molecule has 0 radical (unpaired) electrons. The summed E-state index contributed by atoms with van der Waals surface area (Å²) in [6, 6.07) is 2.54. The fourth-order valence-electron chi connectivity index (χ4n) is 1.04. The van der Waals surface area contributed by atoms with E-state index in [4.69, 9.17) is 9.15 Å². The van der Waals surface area contributed by atoms with Crippen molar-refractivity contribution >= 4 is 16.3 Å². The van der Waals surface area contributed by atoms with Gasteiger partial charge in [-0.05, 0) is 18.6 Å². The van der Waals surface area contributed by atoms with Gasteiger partial charge in [-0.15, -0.1) is 0 Å². The summed E-state index contributed by atoms with van der Waals surface area (Å²) in [5, 5.41) is -0.257. The van der Waals surface area contributed by atoms with Crippen LogP contribution in [-0.2, 0) is 14.8 Å². The zero-order chi connectivity index (χ0) is 12.0. The molecule has 0 spiro atoms. The first kappa shape index (κ1) is 12.9. The summed E-state index contributed by atoms with van der Waals surface area (Å²) >= 11 is 0. The molecule has 1 rings (SSSR count). The Labute approximate surface area is 93.6 Å². The van der Waals surface area contributed by atoms with Gasteiger partial charge in [-0.2, -0.15) is 0 Å². The maximum absolute atomic E-state index is 11.6. The second-order valence-electron chi connectivity index (χ2n) is 3.02. The molecule has 0 bridgehead atoms. The number of hydrogen-bond donors (Lipinski definition) is 1. The zero-order valence-corrected chi connectivity index (χ0v) is 9.62. The third-order valence-corrected chi connectivity index (χ3v) is 3.13. The van der Waals surface area contributed by atoms with Crippen LogP contribution in [0.5, 0.6) is 0 Å². The number of rotatable bonds is 7. The molecule has 0 atom stereocenters. The predicted molar refractivity (Wildman–Crippen MR) is 55.8 cm³/mol. The summed E-state index contributed by atoms with van der Waals surface area (Å²) in [6.45, 7) is 0.730. The second-order valence-corrected chi connectivity index (χ2v) is 4.72. The fraction of sp³-hybridized carbons (Fsp3) is 0.444. The van der Waals surface area contributed by atoms with Crippen molar-refractivity contribution in [2.75, 3.05) is 20.3 Å². The summed E-state index contributed by atoms with van der Waals surface area (Å²) in [7, 11) is -2.12. The van der Waals surface area contributed by atoms with Gasteiger partial charge in [0.1, 0.15) is 0 Å². The first-order valence-corrected chi connectivity index (χ1v) is 6.12. The van der Waals surface area contributed by atoms with Gasteiger partial charge in [-0.25, -0.2) is 13.1 Å². The van der Waals surface area contributed by atoms with Crippen molar-refractivity contribution in [1.29, 1.82) is 0 Å². The third-order valence-electron chi connectivity index (χ3n) is 1.80. The Morgan fingerprint density at radius 1 is 1.50 bits per heavy atom.